The number of aromatic nitrogens is 1. The molecule has 3 rings (SSSR count). The number of hydrogen-bond acceptors (Lipinski definition) is 2. The number of benzene rings is 1. The summed E-state index contributed by atoms with van der Waals surface area (Å²) < 4.78 is 0. The summed E-state index contributed by atoms with van der Waals surface area (Å²) >= 11 is 1.78. The molecule has 0 aliphatic carbocycles. The number of carbonyl (C=O) groups excluding carboxylic acids is 1. The highest BCUT2D eigenvalue weighted by atomic mass is 32.1. The Hall–Kier alpha value is -2.07. The van der Waals surface area contributed by atoms with Gasteiger partial charge in [0.15, 0.2) is 0 Å². The summed E-state index contributed by atoms with van der Waals surface area (Å²) in [5.41, 5.74) is 1.61. The van der Waals surface area contributed by atoms with Crippen LogP contribution in [0.1, 0.15) is 27.2 Å². The van der Waals surface area contributed by atoms with Gasteiger partial charge in [-0.25, -0.2) is 0 Å². The molecule has 3 nitrogen and oxygen atoms in total. The van der Waals surface area contributed by atoms with Crippen LogP contribution in [0, 0.1) is 6.92 Å². The van der Waals surface area contributed by atoms with E-state index in [1.165, 1.54) is 9.75 Å². The Morgan fingerprint density at radius 3 is 2.81 bits per heavy atom. The number of aryl methyl sites for hydroxylation is 1. The van der Waals surface area contributed by atoms with Crippen molar-refractivity contribution in [2.75, 3.05) is 0 Å². The van der Waals surface area contributed by atoms with Crippen molar-refractivity contribution >= 4 is 28.1 Å². The van der Waals surface area contributed by atoms with Gasteiger partial charge in [0.05, 0.1) is 0 Å². The lowest BCUT2D eigenvalue weighted by Crippen LogP contribution is -2.34. The van der Waals surface area contributed by atoms with Gasteiger partial charge in [-0.1, -0.05) is 18.2 Å². The van der Waals surface area contributed by atoms with Crippen LogP contribution >= 0.6 is 11.3 Å². The van der Waals surface area contributed by atoms with Crippen molar-refractivity contribution in [3.63, 3.8) is 0 Å². The van der Waals surface area contributed by atoms with Crippen LogP contribution in [0.3, 0.4) is 0 Å². The van der Waals surface area contributed by atoms with Gasteiger partial charge in [-0.2, -0.15) is 0 Å². The number of nitrogens with one attached hydrogen (secondary N) is 2. The van der Waals surface area contributed by atoms with E-state index in [1.54, 1.807) is 11.3 Å². The van der Waals surface area contributed by atoms with Gasteiger partial charge >= 0.3 is 0 Å². The normalized spacial score (nSPS) is 12.5. The minimum absolute atomic E-state index is 0.0491. The first kappa shape index (κ1) is 13.9. The van der Waals surface area contributed by atoms with Crippen molar-refractivity contribution in [3.05, 3.63) is 57.9 Å². The number of amides is 1. The third kappa shape index (κ3) is 3.16. The number of thiophene rings is 1. The smallest absolute Gasteiger partial charge is 0.267 e. The molecule has 0 saturated carbocycles. The summed E-state index contributed by atoms with van der Waals surface area (Å²) in [6.45, 7) is 4.14. The topological polar surface area (TPSA) is 44.9 Å². The molecule has 21 heavy (non-hydrogen) atoms. The van der Waals surface area contributed by atoms with Crippen LogP contribution in [-0.2, 0) is 6.42 Å². The van der Waals surface area contributed by atoms with E-state index in [-0.39, 0.29) is 11.9 Å². The van der Waals surface area contributed by atoms with Gasteiger partial charge in [0, 0.05) is 33.1 Å². The van der Waals surface area contributed by atoms with Crippen molar-refractivity contribution in [1.82, 2.24) is 10.3 Å². The maximum absolute atomic E-state index is 12.3. The number of fused-ring (bicyclic) bond motifs is 1. The van der Waals surface area contributed by atoms with Crippen LogP contribution in [-0.4, -0.2) is 16.9 Å². The second-order valence-corrected chi connectivity index (χ2v) is 6.73. The minimum atomic E-state index is -0.0491. The van der Waals surface area contributed by atoms with Crippen LogP contribution in [0.2, 0.25) is 0 Å². The van der Waals surface area contributed by atoms with Crippen molar-refractivity contribution in [2.45, 2.75) is 26.3 Å². The minimum Gasteiger partial charge on any atom is -0.351 e. The first-order valence-corrected chi connectivity index (χ1v) is 7.87. The summed E-state index contributed by atoms with van der Waals surface area (Å²) in [5.74, 6) is -0.0491. The zero-order chi connectivity index (χ0) is 14.8. The fraction of sp³-hybridized carbons (Fsp3) is 0.235. The Morgan fingerprint density at radius 1 is 1.29 bits per heavy atom. The predicted molar refractivity (Wildman–Crippen MR) is 88.0 cm³/mol. The summed E-state index contributed by atoms with van der Waals surface area (Å²) in [5, 5.41) is 4.11. The molecule has 0 bridgehead atoms. The Morgan fingerprint density at radius 2 is 2.10 bits per heavy atom. The van der Waals surface area contributed by atoms with E-state index in [9.17, 15) is 4.79 Å². The molecule has 0 aliphatic rings. The van der Waals surface area contributed by atoms with Gasteiger partial charge in [-0.15, -0.1) is 11.3 Å². The van der Waals surface area contributed by atoms with E-state index in [0.29, 0.717) is 5.69 Å². The quantitative estimate of drug-likeness (QED) is 0.754. The van der Waals surface area contributed by atoms with Crippen LogP contribution in [0.4, 0.5) is 0 Å². The number of rotatable bonds is 4. The number of para-hydroxylation sites is 1. The van der Waals surface area contributed by atoms with E-state index in [1.807, 2.05) is 37.3 Å². The van der Waals surface area contributed by atoms with Crippen LogP contribution in [0.5, 0.6) is 0 Å². The molecule has 1 atom stereocenters. The average molecular weight is 298 g/mol. The van der Waals surface area contributed by atoms with Crippen molar-refractivity contribution in [2.24, 2.45) is 0 Å². The first-order valence-electron chi connectivity index (χ1n) is 7.06. The van der Waals surface area contributed by atoms with Crippen molar-refractivity contribution in [3.8, 4) is 0 Å². The van der Waals surface area contributed by atoms with Crippen molar-refractivity contribution < 1.29 is 4.79 Å². The van der Waals surface area contributed by atoms with Gasteiger partial charge in [-0.3, -0.25) is 4.79 Å². The predicted octanol–water partition coefficient (Wildman–Crippen LogP) is 3.90. The van der Waals surface area contributed by atoms with E-state index in [2.05, 4.69) is 29.4 Å². The lowest BCUT2D eigenvalue weighted by molar-refractivity contribution is 0.0936. The van der Waals surface area contributed by atoms with E-state index >= 15 is 0 Å². The van der Waals surface area contributed by atoms with Gasteiger partial charge < -0.3 is 10.3 Å². The Bertz CT molecular complexity index is 739. The fourth-order valence-electron chi connectivity index (χ4n) is 2.44. The van der Waals surface area contributed by atoms with Gasteiger partial charge in [0.1, 0.15) is 5.69 Å². The molecule has 0 fully saturated rings. The molecular formula is C17H18N2OS. The second-order valence-electron chi connectivity index (χ2n) is 5.36. The highest BCUT2D eigenvalue weighted by molar-refractivity contribution is 7.11. The lowest BCUT2D eigenvalue weighted by atomic mass is 10.2. The molecule has 2 aromatic heterocycles. The number of aromatic amines is 1. The lowest BCUT2D eigenvalue weighted by Gasteiger charge is -2.12. The Balaban J connectivity index is 1.67. The number of H-pyrrole nitrogens is 1. The molecule has 0 spiro atoms. The highest BCUT2D eigenvalue weighted by Crippen LogP contribution is 2.17. The number of hydrogen-bond donors (Lipinski definition) is 2. The van der Waals surface area contributed by atoms with E-state index < -0.39 is 0 Å². The first-order chi connectivity index (χ1) is 10.1. The molecule has 2 N–H and O–H groups in total. The average Bonchev–Trinajstić information content (AvgIpc) is 3.04. The standard InChI is InChI=1S/C17H18N2OS/c1-11(9-14-8-7-12(2)21-14)18-17(20)16-10-13-5-3-4-6-15(13)19-16/h3-8,10-11,19H,9H2,1-2H3,(H,18,20). The second kappa shape index (κ2) is 5.74. The third-order valence-corrected chi connectivity index (χ3v) is 4.48. The summed E-state index contributed by atoms with van der Waals surface area (Å²) in [4.78, 5) is 18.0. The maximum Gasteiger partial charge on any atom is 0.267 e. The molecule has 0 aliphatic heterocycles. The molecule has 1 amide bonds. The van der Waals surface area contributed by atoms with Gasteiger partial charge in [0.2, 0.25) is 0 Å². The third-order valence-electron chi connectivity index (χ3n) is 3.46. The molecule has 1 aromatic carbocycles. The molecular weight excluding hydrogens is 280 g/mol. The summed E-state index contributed by atoms with van der Waals surface area (Å²) in [6.07, 6.45) is 0.866. The summed E-state index contributed by atoms with van der Waals surface area (Å²) in [7, 11) is 0. The van der Waals surface area contributed by atoms with Crippen LogP contribution in [0.25, 0.3) is 10.9 Å². The van der Waals surface area contributed by atoms with Crippen LogP contribution < -0.4 is 5.32 Å². The van der Waals surface area contributed by atoms with Crippen LogP contribution in [0.15, 0.2) is 42.5 Å². The Kier molecular flexibility index (Phi) is 3.80. The molecule has 0 radical (unpaired) electrons. The molecule has 1 unspecified atom stereocenters. The zero-order valence-electron chi connectivity index (χ0n) is 12.1. The summed E-state index contributed by atoms with van der Waals surface area (Å²) in [6, 6.07) is 14.2. The Labute approximate surface area is 128 Å². The molecule has 108 valence electrons. The van der Waals surface area contributed by atoms with Crippen molar-refractivity contribution in [1.29, 1.82) is 0 Å². The monoisotopic (exact) mass is 298 g/mol. The van der Waals surface area contributed by atoms with Gasteiger partial charge in [0.25, 0.3) is 5.91 Å². The van der Waals surface area contributed by atoms with Gasteiger partial charge in [-0.05, 0) is 38.1 Å². The largest absolute Gasteiger partial charge is 0.351 e. The highest BCUT2D eigenvalue weighted by Gasteiger charge is 2.13. The molecule has 3 aromatic rings. The molecule has 0 saturated heterocycles. The fourth-order valence-corrected chi connectivity index (χ4v) is 3.46. The SMILES string of the molecule is Cc1ccc(CC(C)NC(=O)c2cc3ccccc3[nH]2)s1. The maximum atomic E-state index is 12.3. The van der Waals surface area contributed by atoms with E-state index in [0.717, 1.165) is 17.3 Å². The number of carbonyl (C=O) groups is 1. The molecule has 4 heteroatoms. The molecule has 2 heterocycles. The van der Waals surface area contributed by atoms with E-state index in [4.69, 9.17) is 0 Å². The zero-order valence-corrected chi connectivity index (χ0v) is 13.0.